The van der Waals surface area contributed by atoms with Crippen LogP contribution < -0.4 is 0 Å². The van der Waals surface area contributed by atoms with Crippen molar-refractivity contribution in [1.29, 1.82) is 0 Å². The van der Waals surface area contributed by atoms with E-state index in [1.807, 2.05) is 0 Å². The zero-order chi connectivity index (χ0) is 41.1. The molecule has 2 N–H and O–H groups in total. The Balaban J connectivity index is 3.97. The molecule has 1 atom stereocenters. The molecule has 0 bridgehead atoms. The Hall–Kier alpha value is -2.51. The lowest BCUT2D eigenvalue weighted by atomic mass is 10.1. The van der Waals surface area contributed by atoms with Crippen molar-refractivity contribution in [3.8, 4) is 0 Å². The Labute approximate surface area is 342 Å². The van der Waals surface area contributed by atoms with E-state index in [0.29, 0.717) is 12.8 Å². The molecule has 0 aromatic rings. The highest BCUT2D eigenvalue weighted by Gasteiger charge is 2.22. The number of esters is 2. The second-order valence-electron chi connectivity index (χ2n) is 14.7. The molecule has 0 spiro atoms. The molecule has 0 saturated heterocycles. The summed E-state index contributed by atoms with van der Waals surface area (Å²) in [5.41, 5.74) is 0. The zero-order valence-electron chi connectivity index (χ0n) is 35.5. The molecule has 322 valence electrons. The molecular weight excluding hydrogens is 723 g/mol. The smallest absolute Gasteiger partial charge is 0.462 e. The van der Waals surface area contributed by atoms with Crippen LogP contribution in [-0.2, 0) is 28.2 Å². The topological polar surface area (TPSA) is 119 Å². The summed E-state index contributed by atoms with van der Waals surface area (Å²) < 4.78 is 26.4. The minimum absolute atomic E-state index is 0.191. The summed E-state index contributed by atoms with van der Waals surface area (Å²) in [6.07, 6.45) is 54.7. The quantitative estimate of drug-likeness (QED) is 0.0272. The van der Waals surface area contributed by atoms with E-state index < -0.39 is 32.5 Å². The number of rotatable bonds is 40. The first-order valence-electron chi connectivity index (χ1n) is 22.2. The van der Waals surface area contributed by atoms with Gasteiger partial charge in [0.15, 0.2) is 6.10 Å². The molecule has 8 nitrogen and oxygen atoms in total. The van der Waals surface area contributed by atoms with Crippen LogP contribution in [0.15, 0.2) is 72.9 Å². The van der Waals surface area contributed by atoms with E-state index in [9.17, 15) is 14.2 Å². The number of phosphoric acid groups is 1. The number of hydrogen-bond acceptors (Lipinski definition) is 6. The van der Waals surface area contributed by atoms with Gasteiger partial charge in [0.2, 0.25) is 0 Å². The molecule has 56 heavy (non-hydrogen) atoms. The summed E-state index contributed by atoms with van der Waals surface area (Å²) in [7, 11) is -4.77. The average Bonchev–Trinajstić information content (AvgIpc) is 3.17. The molecule has 0 saturated carbocycles. The van der Waals surface area contributed by atoms with Gasteiger partial charge in [-0.2, -0.15) is 0 Å². The van der Waals surface area contributed by atoms with Crippen molar-refractivity contribution in [3.63, 3.8) is 0 Å². The normalized spacial score (nSPS) is 13.1. The van der Waals surface area contributed by atoms with Gasteiger partial charge < -0.3 is 19.3 Å². The van der Waals surface area contributed by atoms with E-state index in [-0.39, 0.29) is 19.4 Å². The highest BCUT2D eigenvalue weighted by atomic mass is 31.2. The minimum Gasteiger partial charge on any atom is -0.462 e. The number of carbonyl (C=O) groups is 2. The largest absolute Gasteiger partial charge is 0.469 e. The molecule has 0 heterocycles. The summed E-state index contributed by atoms with van der Waals surface area (Å²) in [6, 6.07) is 0. The molecule has 9 heteroatoms. The summed E-state index contributed by atoms with van der Waals surface area (Å²) in [5, 5.41) is 0. The van der Waals surface area contributed by atoms with Crippen molar-refractivity contribution >= 4 is 19.8 Å². The van der Waals surface area contributed by atoms with Crippen molar-refractivity contribution in [2.24, 2.45) is 0 Å². The van der Waals surface area contributed by atoms with Gasteiger partial charge in [0, 0.05) is 12.8 Å². The Morgan fingerprint density at radius 1 is 0.464 bits per heavy atom. The Bertz CT molecular complexity index is 1130. The summed E-state index contributed by atoms with van der Waals surface area (Å²) in [4.78, 5) is 42.9. The predicted octanol–water partition coefficient (Wildman–Crippen LogP) is 13.9. The van der Waals surface area contributed by atoms with Crippen molar-refractivity contribution in [1.82, 2.24) is 0 Å². The lowest BCUT2D eigenvalue weighted by Crippen LogP contribution is -2.29. The molecule has 0 aromatic heterocycles. The molecule has 0 aliphatic carbocycles. The molecule has 0 rings (SSSR count). The van der Waals surface area contributed by atoms with Crippen LogP contribution in [0.2, 0.25) is 0 Å². The van der Waals surface area contributed by atoms with E-state index in [2.05, 4.69) is 91.3 Å². The third-order valence-corrected chi connectivity index (χ3v) is 9.68. The second kappa shape index (κ2) is 42.1. The molecule has 0 radical (unpaired) electrons. The number of phosphoric ester groups is 1. The predicted molar refractivity (Wildman–Crippen MR) is 234 cm³/mol. The van der Waals surface area contributed by atoms with Gasteiger partial charge in [-0.1, -0.05) is 164 Å². The number of ether oxygens (including phenoxy) is 2. The number of unbranched alkanes of at least 4 members (excludes halogenated alkanes) is 18. The van der Waals surface area contributed by atoms with E-state index >= 15 is 0 Å². The summed E-state index contributed by atoms with van der Waals surface area (Å²) in [6.45, 7) is 3.61. The summed E-state index contributed by atoms with van der Waals surface area (Å²) >= 11 is 0. The first-order chi connectivity index (χ1) is 27.3. The highest BCUT2D eigenvalue weighted by molar-refractivity contribution is 7.46. The van der Waals surface area contributed by atoms with Crippen LogP contribution in [0.1, 0.15) is 194 Å². The molecule has 0 fully saturated rings. The Morgan fingerprint density at radius 3 is 1.20 bits per heavy atom. The van der Waals surface area contributed by atoms with Gasteiger partial charge in [-0.3, -0.25) is 14.1 Å². The monoisotopic (exact) mass is 805 g/mol. The molecule has 0 aliphatic rings. The van der Waals surface area contributed by atoms with E-state index in [1.165, 1.54) is 51.4 Å². The van der Waals surface area contributed by atoms with Crippen LogP contribution in [0.3, 0.4) is 0 Å². The van der Waals surface area contributed by atoms with Crippen LogP contribution in [0.25, 0.3) is 0 Å². The van der Waals surface area contributed by atoms with Crippen LogP contribution in [0.5, 0.6) is 0 Å². The molecular formula is C47H81O8P. The van der Waals surface area contributed by atoms with Gasteiger partial charge in [-0.25, -0.2) is 4.57 Å². The number of hydrogen-bond donors (Lipinski definition) is 2. The van der Waals surface area contributed by atoms with Gasteiger partial charge in [-0.05, 0) is 89.9 Å². The third kappa shape index (κ3) is 44.2. The minimum atomic E-state index is -4.77. The Kier molecular flexibility index (Phi) is 40.2. The molecule has 0 amide bonds. The van der Waals surface area contributed by atoms with Crippen LogP contribution in [0.4, 0.5) is 0 Å². The van der Waals surface area contributed by atoms with Gasteiger partial charge in [0.1, 0.15) is 6.61 Å². The SMILES string of the molecule is CCCCC/C=C\C/C=C\C/C=C\CCCCCCCCC(=O)OCC(COP(=O)(O)O)OC(=O)CCCCCCCC/C=C\C/C=C\C/C=C\CCCCC. The Morgan fingerprint density at radius 2 is 0.804 bits per heavy atom. The molecule has 1 unspecified atom stereocenters. The van der Waals surface area contributed by atoms with Gasteiger partial charge >= 0.3 is 19.8 Å². The fourth-order valence-electron chi connectivity index (χ4n) is 5.86. The average molecular weight is 805 g/mol. The van der Waals surface area contributed by atoms with Crippen molar-refractivity contribution in [2.45, 2.75) is 200 Å². The first kappa shape index (κ1) is 53.5. The third-order valence-electron chi connectivity index (χ3n) is 9.20. The number of carbonyl (C=O) groups excluding carboxylic acids is 2. The zero-order valence-corrected chi connectivity index (χ0v) is 36.4. The van der Waals surface area contributed by atoms with Gasteiger partial charge in [0.25, 0.3) is 0 Å². The van der Waals surface area contributed by atoms with Crippen molar-refractivity contribution in [3.05, 3.63) is 72.9 Å². The van der Waals surface area contributed by atoms with E-state index in [0.717, 1.165) is 103 Å². The standard InChI is InChI=1S/C47H81O8P/c1-3-5-7-9-11-13-15-17-19-21-23-25-27-29-31-33-35-37-39-41-46(48)53-43-45(44-54-56(50,51)52)55-47(49)42-40-38-36-34-32-30-28-26-24-22-20-18-16-14-12-10-8-6-4-2/h11-14,17-20,23-26,45H,3-10,15-16,21-22,27-44H2,1-2H3,(H2,50,51,52)/b13-11-,14-12-,19-17-,20-18-,25-23-,26-24-. The van der Waals surface area contributed by atoms with Crippen molar-refractivity contribution in [2.75, 3.05) is 13.2 Å². The summed E-state index contributed by atoms with van der Waals surface area (Å²) in [5.74, 6) is -0.917. The highest BCUT2D eigenvalue weighted by Crippen LogP contribution is 2.36. The fraction of sp³-hybridized carbons (Fsp3) is 0.702. The maximum Gasteiger partial charge on any atom is 0.469 e. The lowest BCUT2D eigenvalue weighted by molar-refractivity contribution is -0.161. The van der Waals surface area contributed by atoms with Crippen LogP contribution in [0, 0.1) is 0 Å². The van der Waals surface area contributed by atoms with E-state index in [4.69, 9.17) is 19.3 Å². The van der Waals surface area contributed by atoms with Crippen molar-refractivity contribution < 1.29 is 37.9 Å². The maximum absolute atomic E-state index is 12.4. The fourth-order valence-corrected chi connectivity index (χ4v) is 6.22. The molecule has 0 aromatic carbocycles. The first-order valence-corrected chi connectivity index (χ1v) is 23.8. The maximum atomic E-state index is 12.4. The lowest BCUT2D eigenvalue weighted by Gasteiger charge is -2.18. The van der Waals surface area contributed by atoms with Gasteiger partial charge in [-0.15, -0.1) is 0 Å². The van der Waals surface area contributed by atoms with Gasteiger partial charge in [0.05, 0.1) is 6.61 Å². The van der Waals surface area contributed by atoms with Crippen LogP contribution >= 0.6 is 7.82 Å². The van der Waals surface area contributed by atoms with Crippen LogP contribution in [-0.4, -0.2) is 41.0 Å². The number of allylic oxidation sites excluding steroid dienone is 12. The van der Waals surface area contributed by atoms with E-state index in [1.54, 1.807) is 0 Å². The molecule has 0 aliphatic heterocycles. The second-order valence-corrected chi connectivity index (χ2v) is 15.9.